The summed E-state index contributed by atoms with van der Waals surface area (Å²) in [4.78, 5) is 27.9. The maximum absolute atomic E-state index is 15.3. The van der Waals surface area contributed by atoms with E-state index in [0.717, 1.165) is 0 Å². The largest absolute Gasteiger partial charge is 0.490 e. The number of anilines is 2. The van der Waals surface area contributed by atoms with Crippen molar-refractivity contribution in [3.63, 3.8) is 0 Å². The Labute approximate surface area is 226 Å². The Morgan fingerprint density at radius 3 is 2.46 bits per heavy atom. The third kappa shape index (κ3) is 5.78. The van der Waals surface area contributed by atoms with Gasteiger partial charge in [-0.25, -0.2) is 12.8 Å². The van der Waals surface area contributed by atoms with Gasteiger partial charge in [0, 0.05) is 11.3 Å². The molecule has 39 heavy (non-hydrogen) atoms. The highest BCUT2D eigenvalue weighted by Crippen LogP contribution is 2.37. The lowest BCUT2D eigenvalue weighted by atomic mass is 9.82. The highest BCUT2D eigenvalue weighted by atomic mass is 32.2. The number of sulfone groups is 1. The number of hydrogen-bond donors (Lipinski definition) is 1. The van der Waals surface area contributed by atoms with Gasteiger partial charge >= 0.3 is 0 Å². The fourth-order valence-corrected chi connectivity index (χ4v) is 5.31. The highest BCUT2D eigenvalue weighted by molar-refractivity contribution is 7.91. The molecule has 4 rings (SSSR count). The topological polar surface area (TPSA) is 117 Å². The van der Waals surface area contributed by atoms with E-state index in [-0.39, 0.29) is 47.4 Å². The molecule has 0 aliphatic carbocycles. The van der Waals surface area contributed by atoms with Crippen molar-refractivity contribution < 1.29 is 27.1 Å². The van der Waals surface area contributed by atoms with Crippen LogP contribution >= 0.6 is 0 Å². The Morgan fingerprint density at radius 2 is 1.82 bits per heavy atom. The molecule has 3 aromatic carbocycles. The van der Waals surface area contributed by atoms with Crippen LogP contribution in [0, 0.1) is 17.1 Å². The minimum absolute atomic E-state index is 0.0152. The summed E-state index contributed by atoms with van der Waals surface area (Å²) in [6.07, 6.45) is -0.0269. The minimum Gasteiger partial charge on any atom is -0.490 e. The summed E-state index contributed by atoms with van der Waals surface area (Å²) in [7, 11) is -3.33. The van der Waals surface area contributed by atoms with Crippen LogP contribution in [-0.2, 0) is 31.3 Å². The van der Waals surface area contributed by atoms with E-state index in [9.17, 15) is 23.3 Å². The number of carbonyl (C=O) groups excluding carboxylic acids is 2. The molecular formula is C29H28FN3O5S. The summed E-state index contributed by atoms with van der Waals surface area (Å²) in [5.41, 5.74) is 0.570. The first kappa shape index (κ1) is 27.8. The summed E-state index contributed by atoms with van der Waals surface area (Å²) in [5.74, 6) is -0.948. The Kier molecular flexibility index (Phi) is 7.74. The number of carbonyl (C=O) groups is 2. The van der Waals surface area contributed by atoms with E-state index in [1.165, 1.54) is 35.2 Å². The third-order valence-corrected chi connectivity index (χ3v) is 8.43. The van der Waals surface area contributed by atoms with Crippen molar-refractivity contribution in [2.75, 3.05) is 29.1 Å². The summed E-state index contributed by atoms with van der Waals surface area (Å²) in [5, 5.41) is 11.9. The van der Waals surface area contributed by atoms with Crippen LogP contribution in [0.1, 0.15) is 37.5 Å². The van der Waals surface area contributed by atoms with Crippen molar-refractivity contribution in [3.8, 4) is 11.8 Å². The number of ether oxygens (including phenoxy) is 1. The number of halogens is 1. The Bertz CT molecular complexity index is 1580. The molecule has 0 bridgehead atoms. The summed E-state index contributed by atoms with van der Waals surface area (Å²) < 4.78 is 44.9. The van der Waals surface area contributed by atoms with Gasteiger partial charge in [0.1, 0.15) is 18.2 Å². The number of nitrogens with zero attached hydrogens (tertiary/aromatic N) is 2. The lowest BCUT2D eigenvalue weighted by Gasteiger charge is -2.36. The SMILES string of the molecule is CCS(=O)(=O)c1ccc(CC(=O)Nc2ccc(C(C)(C)C(=O)N3CCOc4ccc(C#N)cc43)c(F)c2)cc1. The lowest BCUT2D eigenvalue weighted by Crippen LogP contribution is -2.47. The molecule has 8 nitrogen and oxygen atoms in total. The molecule has 1 aliphatic heterocycles. The van der Waals surface area contributed by atoms with E-state index >= 15 is 4.39 Å². The van der Waals surface area contributed by atoms with Gasteiger partial charge in [-0.3, -0.25) is 9.59 Å². The van der Waals surface area contributed by atoms with Gasteiger partial charge in [-0.05, 0) is 61.9 Å². The zero-order valence-electron chi connectivity index (χ0n) is 21.8. The van der Waals surface area contributed by atoms with E-state index in [0.29, 0.717) is 22.6 Å². The molecule has 10 heteroatoms. The molecule has 0 unspecified atom stereocenters. The highest BCUT2D eigenvalue weighted by Gasteiger charge is 2.38. The van der Waals surface area contributed by atoms with E-state index in [1.807, 2.05) is 0 Å². The van der Waals surface area contributed by atoms with E-state index in [1.54, 1.807) is 51.1 Å². The molecule has 1 N–H and O–H groups in total. The fourth-order valence-electron chi connectivity index (χ4n) is 4.42. The smallest absolute Gasteiger partial charge is 0.237 e. The first-order valence-corrected chi connectivity index (χ1v) is 14.0. The molecular weight excluding hydrogens is 521 g/mol. The zero-order valence-corrected chi connectivity index (χ0v) is 22.6. The average molecular weight is 550 g/mol. The molecule has 0 radical (unpaired) electrons. The number of fused-ring (bicyclic) bond motifs is 1. The lowest BCUT2D eigenvalue weighted by molar-refractivity contribution is -0.123. The molecule has 0 spiro atoms. The van der Waals surface area contributed by atoms with Crippen LogP contribution in [0.2, 0.25) is 0 Å². The number of nitrogens with one attached hydrogen (secondary N) is 1. The second-order valence-electron chi connectivity index (χ2n) is 9.69. The van der Waals surface area contributed by atoms with Gasteiger partial charge < -0.3 is 15.0 Å². The number of rotatable bonds is 7. The van der Waals surface area contributed by atoms with Gasteiger partial charge in [0.2, 0.25) is 11.8 Å². The van der Waals surface area contributed by atoms with Crippen LogP contribution in [0.15, 0.2) is 65.6 Å². The summed E-state index contributed by atoms with van der Waals surface area (Å²) in [6.45, 7) is 5.33. The van der Waals surface area contributed by atoms with Crippen molar-refractivity contribution in [2.24, 2.45) is 0 Å². The molecule has 2 amide bonds. The number of hydrogen-bond acceptors (Lipinski definition) is 6. The molecule has 0 atom stereocenters. The van der Waals surface area contributed by atoms with Crippen LogP contribution in [0.5, 0.6) is 5.75 Å². The predicted octanol–water partition coefficient (Wildman–Crippen LogP) is 4.38. The van der Waals surface area contributed by atoms with E-state index in [2.05, 4.69) is 11.4 Å². The quantitative estimate of drug-likeness (QED) is 0.468. The van der Waals surface area contributed by atoms with Crippen molar-refractivity contribution in [1.29, 1.82) is 5.26 Å². The second kappa shape index (κ2) is 10.9. The Balaban J connectivity index is 1.48. The van der Waals surface area contributed by atoms with Crippen molar-refractivity contribution in [3.05, 3.63) is 83.2 Å². The van der Waals surface area contributed by atoms with Crippen LogP contribution < -0.4 is 15.0 Å². The zero-order chi connectivity index (χ0) is 28.4. The fraction of sp³-hybridized carbons (Fsp3) is 0.276. The van der Waals surface area contributed by atoms with Crippen LogP contribution in [0.4, 0.5) is 15.8 Å². The molecule has 202 valence electrons. The van der Waals surface area contributed by atoms with Gasteiger partial charge in [0.15, 0.2) is 9.84 Å². The second-order valence-corrected chi connectivity index (χ2v) is 12.0. The maximum atomic E-state index is 15.3. The minimum atomic E-state index is -3.33. The Hall–Kier alpha value is -4.23. The third-order valence-electron chi connectivity index (χ3n) is 6.68. The van der Waals surface area contributed by atoms with Gasteiger partial charge in [-0.2, -0.15) is 5.26 Å². The van der Waals surface area contributed by atoms with Crippen molar-refractivity contribution >= 4 is 33.0 Å². The van der Waals surface area contributed by atoms with Gasteiger partial charge in [0.05, 0.1) is 46.3 Å². The van der Waals surface area contributed by atoms with Crippen LogP contribution in [0.25, 0.3) is 0 Å². The van der Waals surface area contributed by atoms with Gasteiger partial charge in [-0.15, -0.1) is 0 Å². The van der Waals surface area contributed by atoms with Gasteiger partial charge in [0.25, 0.3) is 0 Å². The molecule has 0 fully saturated rings. The molecule has 3 aromatic rings. The molecule has 0 saturated carbocycles. The maximum Gasteiger partial charge on any atom is 0.237 e. The van der Waals surface area contributed by atoms with Crippen molar-refractivity contribution in [2.45, 2.75) is 37.5 Å². The average Bonchev–Trinajstić information content (AvgIpc) is 2.92. The van der Waals surface area contributed by atoms with Crippen LogP contribution in [-0.4, -0.2) is 39.1 Å². The Morgan fingerprint density at radius 1 is 1.10 bits per heavy atom. The summed E-state index contributed by atoms with van der Waals surface area (Å²) >= 11 is 0. The monoisotopic (exact) mass is 549 g/mol. The van der Waals surface area contributed by atoms with E-state index in [4.69, 9.17) is 4.74 Å². The van der Waals surface area contributed by atoms with Gasteiger partial charge in [-0.1, -0.05) is 25.1 Å². The first-order valence-electron chi connectivity index (χ1n) is 12.4. The van der Waals surface area contributed by atoms with E-state index < -0.39 is 27.0 Å². The van der Waals surface area contributed by atoms with Crippen LogP contribution in [0.3, 0.4) is 0 Å². The first-order chi connectivity index (χ1) is 18.5. The number of benzene rings is 3. The molecule has 1 aliphatic rings. The predicted molar refractivity (Wildman–Crippen MR) is 145 cm³/mol. The standard InChI is InChI=1S/C29H28FN3O5S/c1-4-39(36,37)22-9-5-19(6-10-22)16-27(34)32-21-8-11-23(24(30)17-21)29(2,3)28(35)33-13-14-38-26-12-7-20(18-31)15-25(26)33/h5-12,15,17H,4,13-14,16H2,1-3H3,(H,32,34). The summed E-state index contributed by atoms with van der Waals surface area (Å²) in [6, 6.07) is 17.1. The molecule has 0 aromatic heterocycles. The number of nitriles is 1. The molecule has 0 saturated heterocycles. The van der Waals surface area contributed by atoms with Crippen molar-refractivity contribution in [1.82, 2.24) is 0 Å². The normalized spacial score (nSPS) is 13.2. The molecule has 1 heterocycles. The number of amides is 2.